The number of amides is 1. The average molecular weight is 356 g/mol. The number of halogens is 2. The number of hydrogen-bond donors (Lipinski definition) is 2. The number of carbonyl (C=O) groups is 1. The average Bonchev–Trinajstić information content (AvgIpc) is 2.41. The van der Waals surface area contributed by atoms with Gasteiger partial charge in [0.05, 0.1) is 5.02 Å². The van der Waals surface area contributed by atoms with Crippen molar-refractivity contribution in [2.45, 2.75) is 0 Å². The second-order valence-corrected chi connectivity index (χ2v) is 5.30. The standard InChI is InChI=1S/C14H12BrClN2O2/c15-12-7-10(4-5-13(12)16)18-14(19)8-20-11-3-1-2-9(17)6-11/h1-7H,8,17H2,(H,18,19). The summed E-state index contributed by atoms with van der Waals surface area (Å²) in [5.41, 5.74) is 6.85. The van der Waals surface area contributed by atoms with Crippen molar-refractivity contribution in [1.29, 1.82) is 0 Å². The molecule has 0 bridgehead atoms. The lowest BCUT2D eigenvalue weighted by Crippen LogP contribution is -2.20. The number of hydrogen-bond acceptors (Lipinski definition) is 3. The molecule has 0 saturated carbocycles. The zero-order valence-corrected chi connectivity index (χ0v) is 12.7. The van der Waals surface area contributed by atoms with E-state index in [0.29, 0.717) is 26.6 Å². The highest BCUT2D eigenvalue weighted by atomic mass is 79.9. The molecule has 0 heterocycles. The molecule has 104 valence electrons. The van der Waals surface area contributed by atoms with E-state index >= 15 is 0 Å². The lowest BCUT2D eigenvalue weighted by Gasteiger charge is -2.08. The molecular formula is C14H12BrClN2O2. The first kappa shape index (κ1) is 14.7. The molecule has 0 aromatic heterocycles. The SMILES string of the molecule is Nc1cccc(OCC(=O)Nc2ccc(Cl)c(Br)c2)c1. The first-order valence-electron chi connectivity index (χ1n) is 5.78. The van der Waals surface area contributed by atoms with Crippen molar-refractivity contribution in [2.24, 2.45) is 0 Å². The Morgan fingerprint density at radius 1 is 1.30 bits per heavy atom. The molecule has 3 N–H and O–H groups in total. The van der Waals surface area contributed by atoms with E-state index in [9.17, 15) is 4.79 Å². The summed E-state index contributed by atoms with van der Waals surface area (Å²) < 4.78 is 6.06. The Balaban J connectivity index is 1.91. The summed E-state index contributed by atoms with van der Waals surface area (Å²) in [6.07, 6.45) is 0. The molecule has 20 heavy (non-hydrogen) atoms. The summed E-state index contributed by atoms with van der Waals surface area (Å²) in [7, 11) is 0. The summed E-state index contributed by atoms with van der Waals surface area (Å²) in [6, 6.07) is 12.0. The van der Waals surface area contributed by atoms with E-state index in [1.54, 1.807) is 42.5 Å². The van der Waals surface area contributed by atoms with Crippen LogP contribution in [0.15, 0.2) is 46.9 Å². The lowest BCUT2D eigenvalue weighted by molar-refractivity contribution is -0.118. The smallest absolute Gasteiger partial charge is 0.262 e. The first-order valence-corrected chi connectivity index (χ1v) is 6.95. The van der Waals surface area contributed by atoms with Crippen LogP contribution in [0.25, 0.3) is 0 Å². The molecule has 0 saturated heterocycles. The number of nitrogens with two attached hydrogens (primary N) is 1. The number of anilines is 2. The highest BCUT2D eigenvalue weighted by Crippen LogP contribution is 2.25. The van der Waals surface area contributed by atoms with Crippen LogP contribution < -0.4 is 15.8 Å². The second kappa shape index (κ2) is 6.63. The van der Waals surface area contributed by atoms with E-state index in [1.165, 1.54) is 0 Å². The van der Waals surface area contributed by atoms with Gasteiger partial charge in [-0.2, -0.15) is 0 Å². The molecule has 0 aliphatic heterocycles. The third-order valence-corrected chi connectivity index (χ3v) is 3.65. The Kier molecular flexibility index (Phi) is 4.87. The largest absolute Gasteiger partial charge is 0.484 e. The van der Waals surface area contributed by atoms with Crippen LogP contribution in [0.5, 0.6) is 5.75 Å². The normalized spacial score (nSPS) is 10.1. The highest BCUT2D eigenvalue weighted by Gasteiger charge is 2.05. The van der Waals surface area contributed by atoms with Crippen molar-refractivity contribution in [2.75, 3.05) is 17.7 Å². The molecule has 0 aliphatic rings. The predicted molar refractivity (Wildman–Crippen MR) is 84.1 cm³/mol. The molecule has 0 aliphatic carbocycles. The van der Waals surface area contributed by atoms with Crippen molar-refractivity contribution in [3.05, 3.63) is 52.0 Å². The zero-order valence-electron chi connectivity index (χ0n) is 10.4. The van der Waals surface area contributed by atoms with E-state index in [1.807, 2.05) is 0 Å². The van der Waals surface area contributed by atoms with E-state index in [2.05, 4.69) is 21.2 Å². The van der Waals surface area contributed by atoms with Gasteiger partial charge >= 0.3 is 0 Å². The summed E-state index contributed by atoms with van der Waals surface area (Å²) in [5, 5.41) is 3.29. The number of rotatable bonds is 4. The monoisotopic (exact) mass is 354 g/mol. The Bertz CT molecular complexity index is 634. The molecule has 1 amide bonds. The maximum absolute atomic E-state index is 11.8. The molecule has 0 atom stereocenters. The van der Waals surface area contributed by atoms with Gasteiger partial charge < -0.3 is 15.8 Å². The Hall–Kier alpha value is -1.72. The van der Waals surface area contributed by atoms with Crippen molar-refractivity contribution in [1.82, 2.24) is 0 Å². The van der Waals surface area contributed by atoms with Crippen LogP contribution in [-0.2, 0) is 4.79 Å². The predicted octanol–water partition coefficient (Wildman–Crippen LogP) is 3.70. The summed E-state index contributed by atoms with van der Waals surface area (Å²) in [4.78, 5) is 11.8. The topological polar surface area (TPSA) is 64.3 Å². The molecule has 2 rings (SSSR count). The van der Waals surface area contributed by atoms with Gasteiger partial charge in [-0.15, -0.1) is 0 Å². The minimum Gasteiger partial charge on any atom is -0.484 e. The van der Waals surface area contributed by atoms with Crippen LogP contribution in [0.4, 0.5) is 11.4 Å². The number of nitrogen functional groups attached to an aromatic ring is 1. The first-order chi connectivity index (χ1) is 9.54. The maximum Gasteiger partial charge on any atom is 0.262 e. The second-order valence-electron chi connectivity index (χ2n) is 4.04. The van der Waals surface area contributed by atoms with E-state index in [4.69, 9.17) is 22.1 Å². The molecule has 2 aromatic carbocycles. The molecular weight excluding hydrogens is 344 g/mol. The van der Waals surface area contributed by atoms with E-state index in [-0.39, 0.29) is 12.5 Å². The highest BCUT2D eigenvalue weighted by molar-refractivity contribution is 9.10. The summed E-state index contributed by atoms with van der Waals surface area (Å²) in [6.45, 7) is -0.0936. The maximum atomic E-state index is 11.8. The molecule has 6 heteroatoms. The Labute approximate surface area is 130 Å². The van der Waals surface area contributed by atoms with Crippen molar-refractivity contribution < 1.29 is 9.53 Å². The van der Waals surface area contributed by atoms with Gasteiger partial charge in [0.1, 0.15) is 5.75 Å². The van der Waals surface area contributed by atoms with Gasteiger partial charge in [-0.1, -0.05) is 17.7 Å². The molecule has 0 fully saturated rings. The van der Waals surface area contributed by atoms with Gasteiger partial charge in [0, 0.05) is 21.9 Å². The van der Waals surface area contributed by atoms with Crippen LogP contribution in [0.2, 0.25) is 5.02 Å². The van der Waals surface area contributed by atoms with Crippen molar-refractivity contribution in [3.8, 4) is 5.75 Å². The molecule has 2 aromatic rings. The van der Waals surface area contributed by atoms with Gasteiger partial charge in [0.25, 0.3) is 5.91 Å². The van der Waals surface area contributed by atoms with Crippen LogP contribution in [0, 0.1) is 0 Å². The number of nitrogens with one attached hydrogen (secondary N) is 1. The van der Waals surface area contributed by atoms with Crippen LogP contribution >= 0.6 is 27.5 Å². The van der Waals surface area contributed by atoms with Crippen molar-refractivity contribution in [3.63, 3.8) is 0 Å². The Morgan fingerprint density at radius 2 is 2.10 bits per heavy atom. The van der Waals surface area contributed by atoms with Crippen LogP contribution in [-0.4, -0.2) is 12.5 Å². The van der Waals surface area contributed by atoms with Crippen LogP contribution in [0.3, 0.4) is 0 Å². The van der Waals surface area contributed by atoms with Gasteiger partial charge in [-0.05, 0) is 46.3 Å². The molecule has 0 unspecified atom stereocenters. The third-order valence-electron chi connectivity index (χ3n) is 2.43. The number of carbonyl (C=O) groups excluding carboxylic acids is 1. The molecule has 0 spiro atoms. The fraction of sp³-hybridized carbons (Fsp3) is 0.0714. The summed E-state index contributed by atoms with van der Waals surface area (Å²) in [5.74, 6) is 0.291. The minimum atomic E-state index is -0.262. The Morgan fingerprint density at radius 3 is 2.80 bits per heavy atom. The van der Waals surface area contributed by atoms with Gasteiger partial charge in [-0.25, -0.2) is 0 Å². The number of ether oxygens (including phenoxy) is 1. The third kappa shape index (κ3) is 4.15. The van der Waals surface area contributed by atoms with Gasteiger partial charge in [0.15, 0.2) is 6.61 Å². The van der Waals surface area contributed by atoms with Gasteiger partial charge in [0.2, 0.25) is 0 Å². The fourth-order valence-corrected chi connectivity index (χ4v) is 2.02. The van der Waals surface area contributed by atoms with Crippen LogP contribution in [0.1, 0.15) is 0 Å². The van der Waals surface area contributed by atoms with E-state index < -0.39 is 0 Å². The van der Waals surface area contributed by atoms with Crippen molar-refractivity contribution >= 4 is 44.8 Å². The quantitative estimate of drug-likeness (QED) is 0.822. The van der Waals surface area contributed by atoms with Gasteiger partial charge in [-0.3, -0.25) is 4.79 Å². The summed E-state index contributed by atoms with van der Waals surface area (Å²) >= 11 is 9.17. The minimum absolute atomic E-state index is 0.0936. The lowest BCUT2D eigenvalue weighted by atomic mass is 10.3. The fourth-order valence-electron chi connectivity index (χ4n) is 1.52. The molecule has 4 nitrogen and oxygen atoms in total. The number of benzene rings is 2. The van der Waals surface area contributed by atoms with E-state index in [0.717, 1.165) is 0 Å². The molecule has 0 radical (unpaired) electrons. The zero-order chi connectivity index (χ0) is 14.5.